The highest BCUT2D eigenvalue weighted by Gasteiger charge is 1.95. The minimum absolute atomic E-state index is 0.254. The molecule has 5 heteroatoms. The van der Waals surface area contributed by atoms with Gasteiger partial charge in [0.15, 0.2) is 17.8 Å². The average Bonchev–Trinajstić information content (AvgIpc) is 2.65. The van der Waals surface area contributed by atoms with E-state index < -0.39 is 0 Å². The van der Waals surface area contributed by atoms with Crippen LogP contribution >= 0.6 is 0 Å². The minimum atomic E-state index is 0.254. The van der Waals surface area contributed by atoms with Gasteiger partial charge in [0.1, 0.15) is 0 Å². The summed E-state index contributed by atoms with van der Waals surface area (Å²) in [5.74, 6) is 6.14. The lowest BCUT2D eigenvalue weighted by atomic mass is 10.4. The number of furan rings is 1. The standard InChI is InChI=1S/C9H7N3O2/c10-12-11-6-2-1-3-8-4-5-9(7-13)14-8/h4-5,7H,2,6H2. The quantitative estimate of drug-likeness (QED) is 0.182. The van der Waals surface area contributed by atoms with Crippen LogP contribution in [0.4, 0.5) is 0 Å². The van der Waals surface area contributed by atoms with Gasteiger partial charge in [0.25, 0.3) is 0 Å². The fraction of sp³-hybridized carbons (Fsp3) is 0.222. The molecule has 1 heterocycles. The van der Waals surface area contributed by atoms with Gasteiger partial charge in [-0.15, -0.1) is 0 Å². The largest absolute Gasteiger partial charge is 0.445 e. The molecule has 5 nitrogen and oxygen atoms in total. The van der Waals surface area contributed by atoms with E-state index in [1.165, 1.54) is 0 Å². The molecule has 0 fully saturated rings. The lowest BCUT2D eigenvalue weighted by molar-refractivity contribution is 0.110. The van der Waals surface area contributed by atoms with Crippen molar-refractivity contribution in [1.82, 2.24) is 0 Å². The van der Waals surface area contributed by atoms with Crippen molar-refractivity contribution >= 4 is 6.29 Å². The third-order valence-corrected chi connectivity index (χ3v) is 1.35. The first kappa shape index (κ1) is 9.90. The molecule has 0 N–H and O–H groups in total. The van der Waals surface area contributed by atoms with Crippen LogP contribution in [-0.4, -0.2) is 12.8 Å². The van der Waals surface area contributed by atoms with Crippen LogP contribution in [0.15, 0.2) is 21.7 Å². The number of carbonyl (C=O) groups is 1. The summed E-state index contributed by atoms with van der Waals surface area (Å²) in [5.41, 5.74) is 7.97. The molecule has 0 atom stereocenters. The summed E-state index contributed by atoms with van der Waals surface area (Å²) >= 11 is 0. The van der Waals surface area contributed by atoms with Crippen LogP contribution in [0.5, 0.6) is 0 Å². The highest BCUT2D eigenvalue weighted by molar-refractivity contribution is 5.70. The van der Waals surface area contributed by atoms with E-state index in [0.29, 0.717) is 25.0 Å². The number of rotatable bonds is 3. The van der Waals surface area contributed by atoms with E-state index in [-0.39, 0.29) is 5.76 Å². The molecule has 0 saturated heterocycles. The second kappa shape index (κ2) is 5.46. The maximum absolute atomic E-state index is 10.2. The second-order valence-corrected chi connectivity index (χ2v) is 2.33. The molecule has 0 bridgehead atoms. The van der Waals surface area contributed by atoms with Crippen LogP contribution in [0.1, 0.15) is 22.7 Å². The Balaban J connectivity index is 2.50. The maximum Gasteiger partial charge on any atom is 0.185 e. The smallest absolute Gasteiger partial charge is 0.185 e. The van der Waals surface area contributed by atoms with Crippen LogP contribution in [0.3, 0.4) is 0 Å². The van der Waals surface area contributed by atoms with Crippen molar-refractivity contribution in [3.05, 3.63) is 34.1 Å². The van der Waals surface area contributed by atoms with E-state index in [1.807, 2.05) is 0 Å². The Morgan fingerprint density at radius 3 is 3.14 bits per heavy atom. The Hall–Kier alpha value is -2.18. The van der Waals surface area contributed by atoms with Gasteiger partial charge in [-0.05, 0) is 23.6 Å². The molecule has 0 spiro atoms. The third-order valence-electron chi connectivity index (χ3n) is 1.35. The number of nitrogens with zero attached hydrogens (tertiary/aromatic N) is 3. The second-order valence-electron chi connectivity index (χ2n) is 2.33. The molecule has 1 aromatic heterocycles. The van der Waals surface area contributed by atoms with Gasteiger partial charge in [-0.25, -0.2) is 0 Å². The maximum atomic E-state index is 10.2. The number of hydrogen-bond acceptors (Lipinski definition) is 3. The van der Waals surface area contributed by atoms with Gasteiger partial charge in [0.05, 0.1) is 0 Å². The molecule has 0 saturated carbocycles. The Labute approximate surface area is 80.3 Å². The zero-order valence-electron chi connectivity index (χ0n) is 7.30. The van der Waals surface area contributed by atoms with Gasteiger partial charge in [-0.2, -0.15) is 0 Å². The Bertz CT molecular complexity index is 419. The molecule has 0 aliphatic heterocycles. The number of carbonyl (C=O) groups excluding carboxylic acids is 1. The molecule has 0 unspecified atom stereocenters. The normalized spacial score (nSPS) is 8.29. The van der Waals surface area contributed by atoms with Gasteiger partial charge in [-0.3, -0.25) is 4.79 Å². The number of hydrogen-bond donors (Lipinski definition) is 0. The van der Waals surface area contributed by atoms with E-state index in [4.69, 9.17) is 9.95 Å². The van der Waals surface area contributed by atoms with Crippen LogP contribution in [-0.2, 0) is 0 Å². The molecular weight excluding hydrogens is 182 g/mol. The average molecular weight is 189 g/mol. The highest BCUT2D eigenvalue weighted by atomic mass is 16.3. The number of aldehydes is 1. The van der Waals surface area contributed by atoms with Crippen molar-refractivity contribution in [2.45, 2.75) is 6.42 Å². The van der Waals surface area contributed by atoms with Gasteiger partial charge in [0.2, 0.25) is 0 Å². The van der Waals surface area contributed by atoms with E-state index >= 15 is 0 Å². The Morgan fingerprint density at radius 1 is 1.64 bits per heavy atom. The first-order chi connectivity index (χ1) is 6.86. The summed E-state index contributed by atoms with van der Waals surface area (Å²) in [6.07, 6.45) is 1.09. The summed E-state index contributed by atoms with van der Waals surface area (Å²) in [5, 5.41) is 3.32. The monoisotopic (exact) mass is 189 g/mol. The van der Waals surface area contributed by atoms with E-state index in [2.05, 4.69) is 21.9 Å². The van der Waals surface area contributed by atoms with Gasteiger partial charge in [0, 0.05) is 17.9 Å². The predicted octanol–water partition coefficient (Wildman–Crippen LogP) is 2.14. The summed E-state index contributed by atoms with van der Waals surface area (Å²) in [6, 6.07) is 3.16. The summed E-state index contributed by atoms with van der Waals surface area (Å²) < 4.78 is 4.99. The summed E-state index contributed by atoms with van der Waals surface area (Å²) in [6.45, 7) is 0.338. The molecule has 70 valence electrons. The lowest BCUT2D eigenvalue weighted by Gasteiger charge is -1.80. The molecular formula is C9H7N3O2. The topological polar surface area (TPSA) is 79.0 Å². The van der Waals surface area contributed by atoms with Crippen LogP contribution < -0.4 is 0 Å². The molecule has 0 amide bonds. The SMILES string of the molecule is [N-]=[N+]=NCCC#Cc1ccc(C=O)o1. The molecule has 0 aliphatic rings. The number of azide groups is 1. The van der Waals surface area contributed by atoms with Crippen LogP contribution in [0, 0.1) is 11.8 Å². The van der Waals surface area contributed by atoms with E-state index in [1.54, 1.807) is 12.1 Å². The Morgan fingerprint density at radius 2 is 2.50 bits per heavy atom. The van der Waals surface area contributed by atoms with Crippen molar-refractivity contribution in [3.8, 4) is 11.8 Å². The van der Waals surface area contributed by atoms with E-state index in [0.717, 1.165) is 0 Å². The van der Waals surface area contributed by atoms with Crippen molar-refractivity contribution in [2.24, 2.45) is 5.11 Å². The van der Waals surface area contributed by atoms with Crippen molar-refractivity contribution < 1.29 is 9.21 Å². The van der Waals surface area contributed by atoms with Crippen molar-refractivity contribution in [3.63, 3.8) is 0 Å². The van der Waals surface area contributed by atoms with E-state index in [9.17, 15) is 4.79 Å². The van der Waals surface area contributed by atoms with Gasteiger partial charge < -0.3 is 4.42 Å². The molecule has 0 aliphatic carbocycles. The van der Waals surface area contributed by atoms with Crippen molar-refractivity contribution in [1.29, 1.82) is 0 Å². The van der Waals surface area contributed by atoms with Gasteiger partial charge >= 0.3 is 0 Å². The molecule has 14 heavy (non-hydrogen) atoms. The highest BCUT2D eigenvalue weighted by Crippen LogP contribution is 2.03. The zero-order valence-corrected chi connectivity index (χ0v) is 7.30. The fourth-order valence-electron chi connectivity index (χ4n) is 0.784. The van der Waals surface area contributed by atoms with Gasteiger partial charge in [-0.1, -0.05) is 11.0 Å². The molecule has 0 radical (unpaired) electrons. The molecule has 0 aromatic carbocycles. The first-order valence-electron chi connectivity index (χ1n) is 3.91. The van der Waals surface area contributed by atoms with Crippen LogP contribution in [0.2, 0.25) is 0 Å². The predicted molar refractivity (Wildman–Crippen MR) is 49.6 cm³/mol. The first-order valence-corrected chi connectivity index (χ1v) is 3.91. The summed E-state index contributed by atoms with van der Waals surface area (Å²) in [4.78, 5) is 12.8. The van der Waals surface area contributed by atoms with Crippen LogP contribution in [0.25, 0.3) is 10.4 Å². The van der Waals surface area contributed by atoms with Crippen molar-refractivity contribution in [2.75, 3.05) is 6.54 Å². The lowest BCUT2D eigenvalue weighted by Crippen LogP contribution is -1.73. The zero-order chi connectivity index (χ0) is 10.2. The minimum Gasteiger partial charge on any atom is -0.445 e. The molecule has 1 rings (SSSR count). The Kier molecular flexibility index (Phi) is 3.86. The third kappa shape index (κ3) is 3.05. The summed E-state index contributed by atoms with van der Waals surface area (Å²) in [7, 11) is 0. The molecule has 1 aromatic rings. The fourth-order valence-corrected chi connectivity index (χ4v) is 0.784.